The molecule has 0 aliphatic carbocycles. The van der Waals surface area contributed by atoms with Crippen molar-refractivity contribution in [2.75, 3.05) is 0 Å². The lowest BCUT2D eigenvalue weighted by atomic mass is 9.89. The summed E-state index contributed by atoms with van der Waals surface area (Å²) in [5.41, 5.74) is 0.901. The third kappa shape index (κ3) is 2.04. The maximum Gasteiger partial charge on any atom is 0.308 e. The summed E-state index contributed by atoms with van der Waals surface area (Å²) in [6.07, 6.45) is 2.72. The molecule has 3 rings (SSSR count). The lowest BCUT2D eigenvalue weighted by Crippen LogP contribution is -2.32. The molecule has 0 aromatic heterocycles. The summed E-state index contributed by atoms with van der Waals surface area (Å²) in [5, 5.41) is 28.0. The van der Waals surface area contributed by atoms with Crippen molar-refractivity contribution in [1.29, 1.82) is 0 Å². The van der Waals surface area contributed by atoms with Gasteiger partial charge in [-0.25, -0.2) is 0 Å². The third-order valence-electron chi connectivity index (χ3n) is 4.40. The summed E-state index contributed by atoms with van der Waals surface area (Å²) in [6, 6.07) is 5.23. The van der Waals surface area contributed by atoms with Gasteiger partial charge >= 0.3 is 5.97 Å². The smallest absolute Gasteiger partial charge is 0.308 e. The summed E-state index contributed by atoms with van der Waals surface area (Å²) in [7, 11) is 0. The van der Waals surface area contributed by atoms with Gasteiger partial charge in [-0.3, -0.25) is 9.69 Å². The van der Waals surface area contributed by atoms with Gasteiger partial charge in [0.15, 0.2) is 11.5 Å². The molecular formula is C14H17NO4. The molecule has 3 atom stereocenters. The highest BCUT2D eigenvalue weighted by atomic mass is 16.4. The molecule has 2 aliphatic heterocycles. The van der Waals surface area contributed by atoms with E-state index in [0.29, 0.717) is 12.6 Å². The first-order valence-corrected chi connectivity index (χ1v) is 6.55. The Morgan fingerprint density at radius 2 is 2.05 bits per heavy atom. The number of carbonyl (C=O) groups is 1. The molecule has 3 N–H and O–H groups in total. The van der Waals surface area contributed by atoms with Gasteiger partial charge in [0.05, 0.1) is 5.92 Å². The number of phenols is 2. The Morgan fingerprint density at radius 1 is 1.26 bits per heavy atom. The van der Waals surface area contributed by atoms with E-state index in [1.54, 1.807) is 12.1 Å². The van der Waals surface area contributed by atoms with Crippen molar-refractivity contribution in [1.82, 2.24) is 4.90 Å². The van der Waals surface area contributed by atoms with Gasteiger partial charge in [0, 0.05) is 18.6 Å². The van der Waals surface area contributed by atoms with Crippen LogP contribution in [0.5, 0.6) is 11.5 Å². The fourth-order valence-electron chi connectivity index (χ4n) is 3.49. The molecule has 2 saturated heterocycles. The first-order valence-electron chi connectivity index (χ1n) is 6.55. The molecule has 3 unspecified atom stereocenters. The molecule has 0 radical (unpaired) electrons. The van der Waals surface area contributed by atoms with Crippen LogP contribution in [-0.4, -0.2) is 38.3 Å². The number of phenolic OH excluding ortho intramolecular Hbond substituents is 2. The van der Waals surface area contributed by atoms with Gasteiger partial charge in [-0.05, 0) is 37.0 Å². The summed E-state index contributed by atoms with van der Waals surface area (Å²) < 4.78 is 0. The molecule has 1 aromatic rings. The molecule has 1 aromatic carbocycles. The second-order valence-corrected chi connectivity index (χ2v) is 5.47. The van der Waals surface area contributed by atoms with Crippen LogP contribution < -0.4 is 0 Å². The Balaban J connectivity index is 1.77. The average Bonchev–Trinajstić information content (AvgIpc) is 2.91. The molecule has 5 nitrogen and oxygen atoms in total. The van der Waals surface area contributed by atoms with Crippen LogP contribution in [0, 0.1) is 5.92 Å². The van der Waals surface area contributed by atoms with E-state index in [1.165, 1.54) is 6.07 Å². The fourth-order valence-corrected chi connectivity index (χ4v) is 3.49. The lowest BCUT2D eigenvalue weighted by molar-refractivity contribution is -0.142. The van der Waals surface area contributed by atoms with E-state index in [4.69, 9.17) is 0 Å². The van der Waals surface area contributed by atoms with Crippen molar-refractivity contribution in [2.45, 2.75) is 37.9 Å². The van der Waals surface area contributed by atoms with E-state index in [1.807, 2.05) is 0 Å². The molecule has 0 amide bonds. The predicted octanol–water partition coefficient (Wildman–Crippen LogP) is 1.54. The maximum absolute atomic E-state index is 11.2. The first kappa shape index (κ1) is 12.3. The summed E-state index contributed by atoms with van der Waals surface area (Å²) >= 11 is 0. The molecule has 0 saturated carbocycles. The van der Waals surface area contributed by atoms with Crippen molar-refractivity contribution in [3.05, 3.63) is 23.8 Å². The zero-order chi connectivity index (χ0) is 13.6. The Kier molecular flexibility index (Phi) is 2.86. The largest absolute Gasteiger partial charge is 0.504 e. The molecule has 5 heteroatoms. The number of carboxylic acids is 1. The van der Waals surface area contributed by atoms with Crippen LogP contribution in [0.25, 0.3) is 0 Å². The lowest BCUT2D eigenvalue weighted by Gasteiger charge is -2.22. The minimum Gasteiger partial charge on any atom is -0.504 e. The number of rotatable bonds is 3. The van der Waals surface area contributed by atoms with Crippen molar-refractivity contribution < 1.29 is 20.1 Å². The number of aromatic hydroxyl groups is 2. The van der Waals surface area contributed by atoms with Crippen LogP contribution in [-0.2, 0) is 11.3 Å². The van der Waals surface area contributed by atoms with Crippen LogP contribution in [0.4, 0.5) is 0 Å². The summed E-state index contributed by atoms with van der Waals surface area (Å²) in [6.45, 7) is 0.632. The highest BCUT2D eigenvalue weighted by Crippen LogP contribution is 2.42. The van der Waals surface area contributed by atoms with Crippen LogP contribution in [0.15, 0.2) is 18.2 Å². The van der Waals surface area contributed by atoms with Crippen LogP contribution >= 0.6 is 0 Å². The van der Waals surface area contributed by atoms with E-state index in [9.17, 15) is 20.1 Å². The van der Waals surface area contributed by atoms with Gasteiger partial charge in [-0.1, -0.05) is 6.07 Å². The minimum absolute atomic E-state index is 0.110. The Labute approximate surface area is 111 Å². The van der Waals surface area contributed by atoms with Gasteiger partial charge in [0.1, 0.15) is 0 Å². The Bertz CT molecular complexity index is 516. The number of aliphatic carboxylic acids is 1. The number of carboxylic acid groups (broad SMARTS) is 1. The van der Waals surface area contributed by atoms with Crippen LogP contribution in [0.1, 0.15) is 24.8 Å². The van der Waals surface area contributed by atoms with Gasteiger partial charge < -0.3 is 15.3 Å². The molecule has 2 bridgehead atoms. The topological polar surface area (TPSA) is 81.0 Å². The molecule has 2 heterocycles. The number of fused-ring (bicyclic) bond motifs is 2. The second kappa shape index (κ2) is 4.42. The fraction of sp³-hybridized carbons (Fsp3) is 0.500. The van der Waals surface area contributed by atoms with Crippen LogP contribution in [0.2, 0.25) is 0 Å². The molecule has 0 spiro atoms. The molecular weight excluding hydrogens is 246 g/mol. The van der Waals surface area contributed by atoms with Gasteiger partial charge in [0.2, 0.25) is 0 Å². The highest BCUT2D eigenvalue weighted by Gasteiger charge is 2.48. The van der Waals surface area contributed by atoms with Crippen molar-refractivity contribution >= 4 is 5.97 Å². The van der Waals surface area contributed by atoms with E-state index in [-0.39, 0.29) is 23.5 Å². The average molecular weight is 263 g/mol. The predicted molar refractivity (Wildman–Crippen MR) is 67.9 cm³/mol. The zero-order valence-electron chi connectivity index (χ0n) is 10.5. The van der Waals surface area contributed by atoms with Gasteiger partial charge in [-0.15, -0.1) is 0 Å². The van der Waals surface area contributed by atoms with E-state index in [0.717, 1.165) is 24.8 Å². The molecule has 19 heavy (non-hydrogen) atoms. The normalized spacial score (nSPS) is 29.8. The monoisotopic (exact) mass is 263 g/mol. The molecule has 102 valence electrons. The third-order valence-corrected chi connectivity index (χ3v) is 4.40. The number of hydrogen-bond acceptors (Lipinski definition) is 4. The highest BCUT2D eigenvalue weighted by molar-refractivity contribution is 5.71. The van der Waals surface area contributed by atoms with Crippen LogP contribution in [0.3, 0.4) is 0 Å². The van der Waals surface area contributed by atoms with Crippen molar-refractivity contribution in [3.8, 4) is 11.5 Å². The SMILES string of the molecule is O=C(O)C1CC2CCC1N2Cc1ccc(O)c(O)c1. The van der Waals surface area contributed by atoms with E-state index >= 15 is 0 Å². The van der Waals surface area contributed by atoms with Crippen molar-refractivity contribution in [2.24, 2.45) is 5.92 Å². The summed E-state index contributed by atoms with van der Waals surface area (Å²) in [5.74, 6) is -1.22. The van der Waals surface area contributed by atoms with E-state index < -0.39 is 5.97 Å². The van der Waals surface area contributed by atoms with Gasteiger partial charge in [0.25, 0.3) is 0 Å². The standard InChI is InChI=1S/C14H17NO4/c16-12-4-1-8(5-13(12)17)7-15-9-2-3-11(15)10(6-9)14(18)19/h1,4-5,9-11,16-17H,2-3,6-7H2,(H,18,19). The summed E-state index contributed by atoms with van der Waals surface area (Å²) in [4.78, 5) is 13.4. The van der Waals surface area contributed by atoms with Crippen molar-refractivity contribution in [3.63, 3.8) is 0 Å². The number of benzene rings is 1. The molecule has 2 fully saturated rings. The Hall–Kier alpha value is -1.75. The zero-order valence-corrected chi connectivity index (χ0v) is 10.5. The quantitative estimate of drug-likeness (QED) is 0.721. The minimum atomic E-state index is -0.703. The van der Waals surface area contributed by atoms with Gasteiger partial charge in [-0.2, -0.15) is 0 Å². The Morgan fingerprint density at radius 3 is 2.68 bits per heavy atom. The number of nitrogens with zero attached hydrogens (tertiary/aromatic N) is 1. The maximum atomic E-state index is 11.2. The van der Waals surface area contributed by atoms with E-state index in [2.05, 4.69) is 4.90 Å². The first-order chi connectivity index (χ1) is 9.06. The second-order valence-electron chi connectivity index (χ2n) is 5.47. The number of hydrogen-bond donors (Lipinski definition) is 3. The molecule has 2 aliphatic rings.